The molecule has 7 nitrogen and oxygen atoms in total. The minimum atomic E-state index is -0.939. The molecule has 0 atom stereocenters. The first kappa shape index (κ1) is 19.5. The predicted molar refractivity (Wildman–Crippen MR) is 110 cm³/mol. The van der Waals surface area contributed by atoms with Gasteiger partial charge in [0, 0.05) is 31.1 Å². The SMILES string of the molecule is Cc1sc2ncn(CC3(O)CCN(CC(=O)N4CCCC4)CC3)c(=O)c2c1C. The second-order valence-corrected chi connectivity index (χ2v) is 9.43. The standard InChI is InChI=1S/C20H28N4O3S/c1-14-15(2)28-18-17(14)19(26)24(13-21-18)12-20(27)5-9-22(10-6-20)11-16(25)23-7-3-4-8-23/h13,27H,3-12H2,1-2H3. The maximum absolute atomic E-state index is 12.9. The Morgan fingerprint density at radius 2 is 1.89 bits per heavy atom. The van der Waals surface area contributed by atoms with E-state index in [-0.39, 0.29) is 18.0 Å². The first-order chi connectivity index (χ1) is 13.4. The summed E-state index contributed by atoms with van der Waals surface area (Å²) in [6, 6.07) is 0. The summed E-state index contributed by atoms with van der Waals surface area (Å²) in [5.41, 5.74) is -0.0354. The molecule has 2 aromatic heterocycles. The molecule has 0 spiro atoms. The second kappa shape index (κ2) is 7.57. The Morgan fingerprint density at radius 3 is 2.57 bits per heavy atom. The van der Waals surface area contributed by atoms with E-state index in [9.17, 15) is 14.7 Å². The fraction of sp³-hybridized carbons (Fsp3) is 0.650. The lowest BCUT2D eigenvalue weighted by atomic mass is 9.91. The van der Waals surface area contributed by atoms with E-state index in [0.717, 1.165) is 41.2 Å². The molecule has 0 saturated carbocycles. The van der Waals surface area contributed by atoms with E-state index in [4.69, 9.17) is 0 Å². The molecule has 0 radical (unpaired) electrons. The quantitative estimate of drug-likeness (QED) is 0.836. The van der Waals surface area contributed by atoms with Gasteiger partial charge in [-0.05, 0) is 45.1 Å². The summed E-state index contributed by atoms with van der Waals surface area (Å²) in [6.07, 6.45) is 4.85. The van der Waals surface area contributed by atoms with Gasteiger partial charge >= 0.3 is 0 Å². The number of carbonyl (C=O) groups is 1. The van der Waals surface area contributed by atoms with E-state index in [1.807, 2.05) is 18.7 Å². The van der Waals surface area contributed by atoms with Crippen molar-refractivity contribution in [3.63, 3.8) is 0 Å². The molecule has 28 heavy (non-hydrogen) atoms. The summed E-state index contributed by atoms with van der Waals surface area (Å²) in [5.74, 6) is 0.192. The van der Waals surface area contributed by atoms with Crippen molar-refractivity contribution in [2.24, 2.45) is 0 Å². The van der Waals surface area contributed by atoms with Crippen LogP contribution >= 0.6 is 11.3 Å². The third-order valence-corrected chi connectivity index (χ3v) is 7.34. The van der Waals surface area contributed by atoms with Crippen molar-refractivity contribution >= 4 is 27.5 Å². The van der Waals surface area contributed by atoms with Crippen LogP contribution in [0.4, 0.5) is 0 Å². The topological polar surface area (TPSA) is 78.7 Å². The van der Waals surface area contributed by atoms with Gasteiger partial charge < -0.3 is 10.0 Å². The van der Waals surface area contributed by atoms with Crippen molar-refractivity contribution in [3.8, 4) is 0 Å². The zero-order chi connectivity index (χ0) is 19.9. The molecule has 1 N–H and O–H groups in total. The molecule has 0 bridgehead atoms. The van der Waals surface area contributed by atoms with Crippen molar-refractivity contribution in [3.05, 3.63) is 27.1 Å². The zero-order valence-electron chi connectivity index (χ0n) is 16.6. The first-order valence-corrected chi connectivity index (χ1v) is 10.9. The second-order valence-electron chi connectivity index (χ2n) is 8.23. The van der Waals surface area contributed by atoms with Crippen LogP contribution in [-0.4, -0.2) is 68.7 Å². The van der Waals surface area contributed by atoms with Crippen LogP contribution < -0.4 is 5.56 Å². The third-order valence-electron chi connectivity index (χ3n) is 6.22. The fourth-order valence-corrected chi connectivity index (χ4v) is 5.23. The minimum absolute atomic E-state index is 0.0769. The third kappa shape index (κ3) is 3.73. The Kier molecular flexibility index (Phi) is 5.28. The fourth-order valence-electron chi connectivity index (χ4n) is 4.24. The highest BCUT2D eigenvalue weighted by atomic mass is 32.1. The van der Waals surface area contributed by atoms with Gasteiger partial charge in [0.15, 0.2) is 0 Å². The monoisotopic (exact) mass is 404 g/mol. The number of aromatic nitrogens is 2. The van der Waals surface area contributed by atoms with Crippen molar-refractivity contribution in [1.82, 2.24) is 19.4 Å². The Hall–Kier alpha value is -1.77. The summed E-state index contributed by atoms with van der Waals surface area (Å²) in [6.45, 7) is 7.69. The van der Waals surface area contributed by atoms with Gasteiger partial charge in [-0.2, -0.15) is 0 Å². The average molecular weight is 405 g/mol. The van der Waals surface area contributed by atoms with Crippen LogP contribution in [-0.2, 0) is 11.3 Å². The number of nitrogens with zero attached hydrogens (tertiary/aromatic N) is 4. The van der Waals surface area contributed by atoms with E-state index in [1.165, 1.54) is 11.3 Å². The van der Waals surface area contributed by atoms with E-state index < -0.39 is 5.60 Å². The number of fused-ring (bicyclic) bond motifs is 1. The van der Waals surface area contributed by atoms with Crippen LogP contribution in [0.25, 0.3) is 10.2 Å². The maximum atomic E-state index is 12.9. The highest BCUT2D eigenvalue weighted by Gasteiger charge is 2.34. The molecule has 0 unspecified atom stereocenters. The minimum Gasteiger partial charge on any atom is -0.388 e. The largest absolute Gasteiger partial charge is 0.388 e. The summed E-state index contributed by atoms with van der Waals surface area (Å²) in [7, 11) is 0. The average Bonchev–Trinajstić information content (AvgIpc) is 3.29. The Morgan fingerprint density at radius 1 is 1.21 bits per heavy atom. The normalized spacial score (nSPS) is 20.2. The summed E-state index contributed by atoms with van der Waals surface area (Å²) in [4.78, 5) is 35.6. The van der Waals surface area contributed by atoms with E-state index in [2.05, 4.69) is 9.88 Å². The van der Waals surface area contributed by atoms with Gasteiger partial charge in [-0.1, -0.05) is 0 Å². The molecule has 2 aromatic rings. The van der Waals surface area contributed by atoms with Crippen molar-refractivity contribution in [2.75, 3.05) is 32.7 Å². The zero-order valence-corrected chi connectivity index (χ0v) is 17.4. The molecule has 2 aliphatic heterocycles. The number of hydrogen-bond acceptors (Lipinski definition) is 6. The highest BCUT2D eigenvalue weighted by Crippen LogP contribution is 2.27. The molecule has 4 heterocycles. The number of aryl methyl sites for hydroxylation is 2. The van der Waals surface area contributed by atoms with E-state index in [1.54, 1.807) is 10.9 Å². The van der Waals surface area contributed by atoms with E-state index in [0.29, 0.717) is 37.9 Å². The first-order valence-electron chi connectivity index (χ1n) is 10.0. The van der Waals surface area contributed by atoms with Crippen molar-refractivity contribution in [2.45, 2.75) is 51.7 Å². The molecular formula is C20H28N4O3S. The van der Waals surface area contributed by atoms with Crippen LogP contribution in [0.2, 0.25) is 0 Å². The number of likely N-dealkylation sites (tertiary alicyclic amines) is 2. The summed E-state index contributed by atoms with van der Waals surface area (Å²) in [5, 5.41) is 11.7. The Balaban J connectivity index is 1.41. The number of thiophene rings is 1. The van der Waals surface area contributed by atoms with Gasteiger partial charge in [0.1, 0.15) is 4.83 Å². The van der Waals surface area contributed by atoms with Gasteiger partial charge in [-0.3, -0.25) is 19.1 Å². The molecule has 2 aliphatic rings. The number of hydrogen-bond donors (Lipinski definition) is 1. The number of aliphatic hydroxyl groups is 1. The maximum Gasteiger partial charge on any atom is 0.262 e. The predicted octanol–water partition coefficient (Wildman–Crippen LogP) is 1.52. The van der Waals surface area contributed by atoms with Gasteiger partial charge in [0.25, 0.3) is 5.56 Å². The summed E-state index contributed by atoms with van der Waals surface area (Å²) >= 11 is 1.53. The van der Waals surface area contributed by atoms with Crippen LogP contribution in [0.5, 0.6) is 0 Å². The number of rotatable bonds is 4. The molecule has 152 valence electrons. The molecule has 1 amide bonds. The molecule has 0 aromatic carbocycles. The molecule has 4 rings (SSSR count). The molecule has 8 heteroatoms. The van der Waals surface area contributed by atoms with Crippen LogP contribution in [0.1, 0.15) is 36.1 Å². The smallest absolute Gasteiger partial charge is 0.262 e. The van der Waals surface area contributed by atoms with Crippen molar-refractivity contribution in [1.29, 1.82) is 0 Å². The van der Waals surface area contributed by atoms with Gasteiger partial charge in [0.05, 0.1) is 30.4 Å². The molecule has 2 fully saturated rings. The summed E-state index contributed by atoms with van der Waals surface area (Å²) < 4.78 is 1.55. The van der Waals surface area contributed by atoms with Gasteiger partial charge in [-0.15, -0.1) is 11.3 Å². The van der Waals surface area contributed by atoms with Crippen LogP contribution in [0, 0.1) is 13.8 Å². The van der Waals surface area contributed by atoms with E-state index >= 15 is 0 Å². The lowest BCUT2D eigenvalue weighted by Crippen LogP contribution is -2.50. The molecule has 2 saturated heterocycles. The Bertz CT molecular complexity index is 937. The molecule has 0 aliphatic carbocycles. The highest BCUT2D eigenvalue weighted by molar-refractivity contribution is 7.18. The Labute approximate surface area is 168 Å². The van der Waals surface area contributed by atoms with Crippen molar-refractivity contribution < 1.29 is 9.90 Å². The van der Waals surface area contributed by atoms with Gasteiger partial charge in [0.2, 0.25) is 5.91 Å². The molecular weight excluding hydrogens is 376 g/mol. The van der Waals surface area contributed by atoms with Gasteiger partial charge in [-0.25, -0.2) is 4.98 Å². The number of amides is 1. The lowest BCUT2D eigenvalue weighted by molar-refractivity contribution is -0.132. The van der Waals surface area contributed by atoms with Crippen LogP contribution in [0.15, 0.2) is 11.1 Å². The number of piperidine rings is 1. The van der Waals surface area contributed by atoms with Crippen LogP contribution in [0.3, 0.4) is 0 Å². The lowest BCUT2D eigenvalue weighted by Gasteiger charge is -2.38. The number of carbonyl (C=O) groups excluding carboxylic acids is 1.